The van der Waals surface area contributed by atoms with E-state index in [9.17, 15) is 9.59 Å². The molecule has 1 aromatic heterocycles. The van der Waals surface area contributed by atoms with Gasteiger partial charge in [0.15, 0.2) is 10.1 Å². The van der Waals surface area contributed by atoms with Crippen molar-refractivity contribution in [3.8, 4) is 0 Å². The predicted molar refractivity (Wildman–Crippen MR) is 111 cm³/mol. The van der Waals surface area contributed by atoms with E-state index in [0.717, 1.165) is 12.8 Å². The Bertz CT molecular complexity index is 836. The zero-order valence-electron chi connectivity index (χ0n) is 16.4. The lowest BCUT2D eigenvalue weighted by molar-refractivity contribution is -0.116. The molecule has 0 saturated heterocycles. The van der Waals surface area contributed by atoms with Crippen molar-refractivity contribution in [2.75, 3.05) is 4.90 Å². The van der Waals surface area contributed by atoms with Gasteiger partial charge in [0.1, 0.15) is 0 Å². The lowest BCUT2D eigenvalue weighted by Crippen LogP contribution is -2.30. The fourth-order valence-electron chi connectivity index (χ4n) is 2.80. The Kier molecular flexibility index (Phi) is 5.72. The lowest BCUT2D eigenvalue weighted by Gasteiger charge is -2.19. The Morgan fingerprint density at radius 3 is 2.33 bits per heavy atom. The van der Waals surface area contributed by atoms with E-state index in [1.807, 2.05) is 31.2 Å². The maximum Gasteiger partial charge on any atom is 0.225 e. The SMILES string of the molecule is CC(=O)N(c1nnc(SC(C)C(=O)c2ccc(C(C)(C)C)cc2)s1)C1CC1. The van der Waals surface area contributed by atoms with Crippen LogP contribution in [0.3, 0.4) is 0 Å². The zero-order chi connectivity index (χ0) is 19.8. The van der Waals surface area contributed by atoms with Gasteiger partial charge in [-0.1, -0.05) is 68.1 Å². The van der Waals surface area contributed by atoms with E-state index in [0.29, 0.717) is 15.0 Å². The quantitative estimate of drug-likeness (QED) is 0.397. The molecule has 144 valence electrons. The van der Waals surface area contributed by atoms with Crippen molar-refractivity contribution >= 4 is 39.9 Å². The highest BCUT2D eigenvalue weighted by atomic mass is 32.2. The van der Waals surface area contributed by atoms with Crippen molar-refractivity contribution < 1.29 is 9.59 Å². The average molecular weight is 404 g/mol. The van der Waals surface area contributed by atoms with Crippen molar-refractivity contribution in [3.05, 3.63) is 35.4 Å². The smallest absolute Gasteiger partial charge is 0.225 e. The van der Waals surface area contributed by atoms with Gasteiger partial charge in [-0.05, 0) is 30.7 Å². The normalized spacial score (nSPS) is 15.4. The van der Waals surface area contributed by atoms with Crippen LogP contribution in [0.1, 0.15) is 63.4 Å². The van der Waals surface area contributed by atoms with Crippen molar-refractivity contribution in [2.45, 2.75) is 68.5 Å². The summed E-state index contributed by atoms with van der Waals surface area (Å²) in [6.45, 7) is 9.90. The first-order valence-corrected chi connectivity index (χ1v) is 10.8. The standard InChI is InChI=1S/C20H25N3O2S2/c1-12(17(25)14-6-8-15(9-7-14)20(3,4)5)26-19-22-21-18(27-19)23(13(2)24)16-10-11-16/h6-9,12,16H,10-11H2,1-5H3. The van der Waals surface area contributed by atoms with E-state index in [4.69, 9.17) is 0 Å². The number of nitrogens with zero attached hydrogens (tertiary/aromatic N) is 3. The van der Waals surface area contributed by atoms with Crippen LogP contribution in [-0.4, -0.2) is 33.2 Å². The number of hydrogen-bond donors (Lipinski definition) is 0. The van der Waals surface area contributed by atoms with E-state index < -0.39 is 0 Å². The van der Waals surface area contributed by atoms with Crippen molar-refractivity contribution in [1.82, 2.24) is 10.2 Å². The van der Waals surface area contributed by atoms with E-state index in [2.05, 4.69) is 31.0 Å². The first-order chi connectivity index (χ1) is 12.7. The summed E-state index contributed by atoms with van der Waals surface area (Å²) in [7, 11) is 0. The van der Waals surface area contributed by atoms with E-state index >= 15 is 0 Å². The highest BCUT2D eigenvalue weighted by molar-refractivity contribution is 8.02. The van der Waals surface area contributed by atoms with Gasteiger partial charge in [-0.15, -0.1) is 10.2 Å². The monoisotopic (exact) mass is 403 g/mol. The highest BCUT2D eigenvalue weighted by Gasteiger charge is 2.34. The second kappa shape index (κ2) is 7.72. The van der Waals surface area contributed by atoms with Crippen molar-refractivity contribution in [2.24, 2.45) is 0 Å². The zero-order valence-corrected chi connectivity index (χ0v) is 18.0. The molecular formula is C20H25N3O2S2. The largest absolute Gasteiger partial charge is 0.293 e. The molecular weight excluding hydrogens is 378 g/mol. The molecule has 27 heavy (non-hydrogen) atoms. The minimum atomic E-state index is -0.266. The Morgan fingerprint density at radius 1 is 1.19 bits per heavy atom. The Balaban J connectivity index is 1.67. The molecule has 1 saturated carbocycles. The second-order valence-electron chi connectivity index (χ2n) is 7.92. The number of carbonyl (C=O) groups is 2. The maximum atomic E-state index is 12.7. The summed E-state index contributed by atoms with van der Waals surface area (Å²) in [4.78, 5) is 26.3. The van der Waals surface area contributed by atoms with Crippen LogP contribution < -0.4 is 4.90 Å². The molecule has 1 aliphatic rings. The van der Waals surface area contributed by atoms with Crippen LogP contribution in [0.5, 0.6) is 0 Å². The van der Waals surface area contributed by atoms with Gasteiger partial charge in [0, 0.05) is 18.5 Å². The van der Waals surface area contributed by atoms with Crippen LogP contribution >= 0.6 is 23.1 Å². The van der Waals surface area contributed by atoms with Crippen LogP contribution in [0.2, 0.25) is 0 Å². The van der Waals surface area contributed by atoms with Gasteiger partial charge in [-0.2, -0.15) is 0 Å². The number of ketones is 1. The van der Waals surface area contributed by atoms with Gasteiger partial charge in [0.25, 0.3) is 0 Å². The molecule has 5 nitrogen and oxygen atoms in total. The summed E-state index contributed by atoms with van der Waals surface area (Å²) in [6.07, 6.45) is 2.03. The molecule has 1 amide bonds. The topological polar surface area (TPSA) is 63.2 Å². The molecule has 1 aromatic carbocycles. The van der Waals surface area contributed by atoms with Gasteiger partial charge >= 0.3 is 0 Å². The van der Waals surface area contributed by atoms with E-state index in [1.54, 1.807) is 11.8 Å². The molecule has 0 N–H and O–H groups in total. The number of amides is 1. The Morgan fingerprint density at radius 2 is 1.81 bits per heavy atom. The third-order valence-corrected chi connectivity index (χ3v) is 6.64. The summed E-state index contributed by atoms with van der Waals surface area (Å²) in [5.74, 6) is 0.0658. The van der Waals surface area contributed by atoms with Crippen LogP contribution in [0.15, 0.2) is 28.6 Å². The van der Waals surface area contributed by atoms with Crippen LogP contribution in [0.25, 0.3) is 0 Å². The fraction of sp³-hybridized carbons (Fsp3) is 0.500. The summed E-state index contributed by atoms with van der Waals surface area (Å²) < 4.78 is 0.712. The number of hydrogen-bond acceptors (Lipinski definition) is 6. The fourth-order valence-corrected chi connectivity index (χ4v) is 4.98. The predicted octanol–water partition coefficient (Wildman–Crippen LogP) is 4.71. The van der Waals surface area contributed by atoms with E-state index in [1.165, 1.54) is 28.7 Å². The molecule has 1 heterocycles. The number of rotatable bonds is 6. The molecule has 2 aromatic rings. The molecule has 0 bridgehead atoms. The van der Waals surface area contributed by atoms with Gasteiger partial charge in [0.2, 0.25) is 11.0 Å². The molecule has 3 rings (SSSR count). The second-order valence-corrected chi connectivity index (χ2v) is 10.5. The Labute approximate surface area is 168 Å². The molecule has 1 unspecified atom stereocenters. The van der Waals surface area contributed by atoms with Crippen LogP contribution in [-0.2, 0) is 10.2 Å². The summed E-state index contributed by atoms with van der Waals surface area (Å²) in [5, 5.41) is 8.70. The van der Waals surface area contributed by atoms with Crippen molar-refractivity contribution in [1.29, 1.82) is 0 Å². The number of anilines is 1. The highest BCUT2D eigenvalue weighted by Crippen LogP contribution is 2.37. The minimum absolute atomic E-state index is 0.00624. The van der Waals surface area contributed by atoms with Crippen molar-refractivity contribution in [3.63, 3.8) is 0 Å². The summed E-state index contributed by atoms with van der Waals surface area (Å²) >= 11 is 2.77. The number of carbonyl (C=O) groups excluding carboxylic acids is 2. The molecule has 0 spiro atoms. The molecule has 0 aliphatic heterocycles. The van der Waals surface area contributed by atoms with Gasteiger partial charge in [-0.25, -0.2) is 0 Å². The number of thioether (sulfide) groups is 1. The number of benzene rings is 1. The van der Waals surface area contributed by atoms with Gasteiger partial charge < -0.3 is 0 Å². The minimum Gasteiger partial charge on any atom is -0.293 e. The third-order valence-electron chi connectivity index (χ3n) is 4.54. The molecule has 1 aliphatic carbocycles. The Hall–Kier alpha value is -1.73. The third kappa shape index (κ3) is 4.76. The molecule has 1 fully saturated rings. The average Bonchev–Trinajstić information content (AvgIpc) is 3.32. The van der Waals surface area contributed by atoms with Crippen LogP contribution in [0, 0.1) is 0 Å². The van der Waals surface area contributed by atoms with Gasteiger partial charge in [0.05, 0.1) is 5.25 Å². The molecule has 0 radical (unpaired) electrons. The first-order valence-electron chi connectivity index (χ1n) is 9.11. The molecule has 7 heteroatoms. The first kappa shape index (κ1) is 20.0. The summed E-state index contributed by atoms with van der Waals surface area (Å²) in [5.41, 5.74) is 1.98. The lowest BCUT2D eigenvalue weighted by atomic mass is 9.86. The van der Waals surface area contributed by atoms with Crippen LogP contribution in [0.4, 0.5) is 5.13 Å². The number of Topliss-reactive ketones (excluding diaryl/α,β-unsaturated/α-hetero) is 1. The van der Waals surface area contributed by atoms with Gasteiger partial charge in [-0.3, -0.25) is 14.5 Å². The number of aromatic nitrogens is 2. The summed E-state index contributed by atoms with van der Waals surface area (Å²) in [6, 6.07) is 8.10. The maximum absolute atomic E-state index is 12.7. The molecule has 1 atom stereocenters. The van der Waals surface area contributed by atoms with E-state index in [-0.39, 0.29) is 28.4 Å².